The molecule has 2 rings (SSSR count). The third-order valence-corrected chi connectivity index (χ3v) is 4.37. The van der Waals surface area contributed by atoms with Gasteiger partial charge < -0.3 is 5.32 Å². The number of nitriles is 1. The highest BCUT2D eigenvalue weighted by molar-refractivity contribution is 8.14. The predicted octanol–water partition coefficient (Wildman–Crippen LogP) is 3.86. The molecule has 1 N–H and O–H groups in total. The molecule has 1 aromatic rings. The number of aryl methyl sites for hydroxylation is 1. The van der Waals surface area contributed by atoms with Crippen LogP contribution in [-0.4, -0.2) is 17.0 Å². The van der Waals surface area contributed by atoms with Crippen LogP contribution in [-0.2, 0) is 6.42 Å². The van der Waals surface area contributed by atoms with Crippen molar-refractivity contribution in [3.8, 4) is 6.07 Å². The zero-order valence-corrected chi connectivity index (χ0v) is 13.1. The molecule has 1 saturated heterocycles. The first kappa shape index (κ1) is 14.9. The molecule has 0 bridgehead atoms. The summed E-state index contributed by atoms with van der Waals surface area (Å²) in [7, 11) is 0. The number of benzene rings is 1. The molecule has 1 aliphatic heterocycles. The molecule has 0 aromatic heterocycles. The van der Waals surface area contributed by atoms with Crippen molar-refractivity contribution in [3.05, 3.63) is 29.3 Å². The van der Waals surface area contributed by atoms with Gasteiger partial charge in [0.25, 0.3) is 0 Å². The molecule has 0 radical (unpaired) electrons. The first-order chi connectivity index (χ1) is 9.62. The van der Waals surface area contributed by atoms with E-state index in [9.17, 15) is 0 Å². The lowest BCUT2D eigenvalue weighted by Gasteiger charge is -2.12. The van der Waals surface area contributed by atoms with Crippen molar-refractivity contribution < 1.29 is 0 Å². The van der Waals surface area contributed by atoms with Gasteiger partial charge in [-0.25, -0.2) is 4.99 Å². The monoisotopic (exact) mass is 287 g/mol. The number of nitrogens with one attached hydrogen (secondary N) is 1. The van der Waals surface area contributed by atoms with Gasteiger partial charge in [-0.05, 0) is 42.5 Å². The lowest BCUT2D eigenvalue weighted by molar-refractivity contribution is 0.503. The van der Waals surface area contributed by atoms with Crippen LogP contribution in [0.3, 0.4) is 0 Å². The largest absolute Gasteiger partial charge is 0.361 e. The quantitative estimate of drug-likeness (QED) is 0.914. The Hall–Kier alpha value is -1.47. The molecule has 0 saturated carbocycles. The van der Waals surface area contributed by atoms with Crippen LogP contribution < -0.4 is 5.32 Å². The molecule has 0 aliphatic carbocycles. The summed E-state index contributed by atoms with van der Waals surface area (Å²) >= 11 is 1.79. The summed E-state index contributed by atoms with van der Waals surface area (Å²) in [6.07, 6.45) is 2.07. The summed E-state index contributed by atoms with van der Waals surface area (Å²) in [6.45, 7) is 6.59. The van der Waals surface area contributed by atoms with Gasteiger partial charge in [-0.1, -0.05) is 32.5 Å². The van der Waals surface area contributed by atoms with E-state index in [1.54, 1.807) is 11.8 Å². The van der Waals surface area contributed by atoms with Gasteiger partial charge in [-0.3, -0.25) is 0 Å². The summed E-state index contributed by atoms with van der Waals surface area (Å²) in [5.74, 6) is 1.79. The van der Waals surface area contributed by atoms with E-state index in [0.717, 1.165) is 28.6 Å². The number of amidine groups is 1. The Kier molecular flexibility index (Phi) is 5.08. The minimum atomic E-state index is 0.530. The van der Waals surface area contributed by atoms with Crippen LogP contribution in [0.1, 0.15) is 38.3 Å². The van der Waals surface area contributed by atoms with Crippen LogP contribution in [0, 0.1) is 17.2 Å². The van der Waals surface area contributed by atoms with E-state index in [1.165, 1.54) is 6.42 Å². The molecule has 1 aromatic carbocycles. The van der Waals surface area contributed by atoms with E-state index < -0.39 is 0 Å². The van der Waals surface area contributed by atoms with E-state index in [-0.39, 0.29) is 0 Å². The summed E-state index contributed by atoms with van der Waals surface area (Å²) in [6, 6.07) is 8.43. The Balaban J connectivity index is 2.14. The van der Waals surface area contributed by atoms with Crippen LogP contribution in [0.5, 0.6) is 0 Å². The third kappa shape index (κ3) is 3.77. The number of aliphatic imine (C=N–C) groups is 1. The molecular weight excluding hydrogens is 266 g/mol. The second-order valence-corrected chi connectivity index (χ2v) is 6.52. The number of thioether (sulfide) groups is 1. The molecule has 4 heteroatoms. The molecule has 20 heavy (non-hydrogen) atoms. The second-order valence-electron chi connectivity index (χ2n) is 5.51. The van der Waals surface area contributed by atoms with Crippen LogP contribution in [0.2, 0.25) is 0 Å². The topological polar surface area (TPSA) is 48.2 Å². The number of nitrogens with zero attached hydrogens (tertiary/aromatic N) is 2. The van der Waals surface area contributed by atoms with Gasteiger partial charge in [0.15, 0.2) is 5.17 Å². The first-order valence-corrected chi connectivity index (χ1v) is 8.12. The summed E-state index contributed by atoms with van der Waals surface area (Å²) in [5, 5.41) is 13.5. The van der Waals surface area contributed by atoms with Crippen LogP contribution in [0.15, 0.2) is 23.2 Å². The molecule has 0 spiro atoms. The van der Waals surface area contributed by atoms with Gasteiger partial charge in [0.05, 0.1) is 17.3 Å². The average Bonchev–Trinajstić information content (AvgIpc) is 2.85. The minimum Gasteiger partial charge on any atom is -0.361 e. The van der Waals surface area contributed by atoms with Gasteiger partial charge in [0.2, 0.25) is 0 Å². The maximum Gasteiger partial charge on any atom is 0.162 e. The number of hydrogen-bond donors (Lipinski definition) is 1. The fourth-order valence-corrected chi connectivity index (χ4v) is 3.35. The predicted molar refractivity (Wildman–Crippen MR) is 86.5 cm³/mol. The highest BCUT2D eigenvalue weighted by atomic mass is 32.2. The molecule has 1 fully saturated rings. The molecule has 1 heterocycles. The SMILES string of the molecule is CCc1cc(C#N)ccc1/N=C1/N[C@@H](CC(C)C)CS1. The molecular formula is C16H21N3S. The zero-order valence-electron chi connectivity index (χ0n) is 12.3. The lowest BCUT2D eigenvalue weighted by Crippen LogP contribution is -2.28. The number of rotatable bonds is 4. The maximum atomic E-state index is 8.95. The van der Waals surface area contributed by atoms with Crippen LogP contribution >= 0.6 is 11.8 Å². The van der Waals surface area contributed by atoms with Crippen molar-refractivity contribution in [2.45, 2.75) is 39.7 Å². The standard InChI is InChI=1S/C16H21N3S/c1-4-13-8-12(9-17)5-6-15(13)19-16-18-14(10-20-16)7-11(2)3/h5-6,8,11,14H,4,7,10H2,1-3H3,(H,18,19)/t14-/m0/s1. The summed E-state index contributed by atoms with van der Waals surface area (Å²) < 4.78 is 0. The fourth-order valence-electron chi connectivity index (χ4n) is 2.35. The van der Waals surface area contributed by atoms with Crippen molar-refractivity contribution >= 4 is 22.6 Å². The number of hydrogen-bond acceptors (Lipinski definition) is 3. The van der Waals surface area contributed by atoms with E-state index in [4.69, 9.17) is 10.3 Å². The molecule has 1 atom stereocenters. The first-order valence-electron chi connectivity index (χ1n) is 7.13. The van der Waals surface area contributed by atoms with E-state index >= 15 is 0 Å². The van der Waals surface area contributed by atoms with Gasteiger partial charge in [-0.2, -0.15) is 5.26 Å². The fraction of sp³-hybridized carbons (Fsp3) is 0.500. The van der Waals surface area contributed by atoms with E-state index in [1.807, 2.05) is 18.2 Å². The van der Waals surface area contributed by atoms with Crippen molar-refractivity contribution in [1.82, 2.24) is 5.32 Å². The van der Waals surface area contributed by atoms with Crippen molar-refractivity contribution in [3.63, 3.8) is 0 Å². The van der Waals surface area contributed by atoms with Crippen LogP contribution in [0.4, 0.5) is 5.69 Å². The Morgan fingerprint density at radius 3 is 2.95 bits per heavy atom. The Morgan fingerprint density at radius 1 is 1.50 bits per heavy atom. The normalized spacial score (nSPS) is 20.1. The maximum absolute atomic E-state index is 8.95. The van der Waals surface area contributed by atoms with Crippen molar-refractivity contribution in [2.75, 3.05) is 5.75 Å². The minimum absolute atomic E-state index is 0.530. The molecule has 0 amide bonds. The van der Waals surface area contributed by atoms with Crippen LogP contribution in [0.25, 0.3) is 0 Å². The van der Waals surface area contributed by atoms with E-state index in [0.29, 0.717) is 17.5 Å². The zero-order chi connectivity index (χ0) is 14.5. The highest BCUT2D eigenvalue weighted by Crippen LogP contribution is 2.26. The van der Waals surface area contributed by atoms with E-state index in [2.05, 4.69) is 32.2 Å². The third-order valence-electron chi connectivity index (χ3n) is 3.32. The summed E-state index contributed by atoms with van der Waals surface area (Å²) in [4.78, 5) is 4.72. The van der Waals surface area contributed by atoms with Gasteiger partial charge in [-0.15, -0.1) is 0 Å². The molecule has 0 unspecified atom stereocenters. The Bertz CT molecular complexity index is 543. The summed E-state index contributed by atoms with van der Waals surface area (Å²) in [5.41, 5.74) is 2.81. The molecule has 1 aliphatic rings. The lowest BCUT2D eigenvalue weighted by atomic mass is 10.1. The van der Waals surface area contributed by atoms with Crippen molar-refractivity contribution in [2.24, 2.45) is 10.9 Å². The van der Waals surface area contributed by atoms with Gasteiger partial charge in [0, 0.05) is 11.8 Å². The highest BCUT2D eigenvalue weighted by Gasteiger charge is 2.21. The smallest absolute Gasteiger partial charge is 0.162 e. The average molecular weight is 287 g/mol. The Labute approximate surface area is 125 Å². The van der Waals surface area contributed by atoms with Gasteiger partial charge >= 0.3 is 0 Å². The van der Waals surface area contributed by atoms with Gasteiger partial charge in [0.1, 0.15) is 0 Å². The second kappa shape index (κ2) is 6.81. The molecule has 106 valence electrons. The van der Waals surface area contributed by atoms with Crippen molar-refractivity contribution in [1.29, 1.82) is 5.26 Å². The Morgan fingerprint density at radius 2 is 2.30 bits per heavy atom. The molecule has 3 nitrogen and oxygen atoms in total.